The van der Waals surface area contributed by atoms with E-state index in [2.05, 4.69) is 4.98 Å². The molecule has 5 nitrogen and oxygen atoms in total. The van der Waals surface area contributed by atoms with Crippen LogP contribution in [0.5, 0.6) is 5.75 Å². The molecule has 2 aromatic heterocycles. The van der Waals surface area contributed by atoms with Gasteiger partial charge in [0.2, 0.25) is 0 Å². The highest BCUT2D eigenvalue weighted by atomic mass is 16.5. The summed E-state index contributed by atoms with van der Waals surface area (Å²) in [6.07, 6.45) is 3.97. The predicted octanol–water partition coefficient (Wildman–Crippen LogP) is 2.63. The summed E-state index contributed by atoms with van der Waals surface area (Å²) in [4.78, 5) is 16.3. The Balaban J connectivity index is 1.59. The van der Waals surface area contributed by atoms with Crippen LogP contribution in [-0.2, 0) is 22.6 Å². The van der Waals surface area contributed by atoms with Crippen molar-refractivity contribution < 1.29 is 14.3 Å². The molecule has 3 rings (SSSR count). The number of carbonyl (C=O) groups excluding carboxylic acids is 1. The lowest BCUT2D eigenvalue weighted by molar-refractivity contribution is -0.144. The van der Waals surface area contributed by atoms with Crippen LogP contribution in [0.2, 0.25) is 0 Å². The van der Waals surface area contributed by atoms with Gasteiger partial charge in [0.25, 0.3) is 0 Å². The molecule has 112 valence electrons. The molecule has 0 bridgehead atoms. The molecule has 1 aromatic carbocycles. The van der Waals surface area contributed by atoms with Crippen LogP contribution in [0.3, 0.4) is 0 Å². The molecule has 2 heterocycles. The van der Waals surface area contributed by atoms with Gasteiger partial charge in [-0.05, 0) is 29.8 Å². The third-order valence-corrected chi connectivity index (χ3v) is 3.28. The molecule has 0 radical (unpaired) electrons. The molecular weight excluding hydrogens is 280 g/mol. The van der Waals surface area contributed by atoms with E-state index in [9.17, 15) is 4.79 Å². The quantitative estimate of drug-likeness (QED) is 0.679. The van der Waals surface area contributed by atoms with Gasteiger partial charge in [-0.2, -0.15) is 0 Å². The number of fused-ring (bicyclic) bond motifs is 1. The van der Waals surface area contributed by atoms with Crippen LogP contribution < -0.4 is 4.74 Å². The molecule has 0 saturated heterocycles. The van der Waals surface area contributed by atoms with Crippen molar-refractivity contribution >= 4 is 11.6 Å². The molecule has 0 unspecified atom stereocenters. The molecule has 3 aromatic rings. The van der Waals surface area contributed by atoms with Gasteiger partial charge >= 0.3 is 5.97 Å². The lowest BCUT2D eigenvalue weighted by Crippen LogP contribution is -2.08. The third kappa shape index (κ3) is 3.25. The average molecular weight is 296 g/mol. The highest BCUT2D eigenvalue weighted by molar-refractivity contribution is 5.72. The fraction of sp³-hybridized carbons (Fsp3) is 0.176. The second-order valence-electron chi connectivity index (χ2n) is 4.89. The van der Waals surface area contributed by atoms with E-state index in [4.69, 9.17) is 9.47 Å². The Hall–Kier alpha value is -2.82. The minimum Gasteiger partial charge on any atom is -0.497 e. The van der Waals surface area contributed by atoms with Crippen molar-refractivity contribution in [3.05, 3.63) is 66.1 Å². The zero-order valence-electron chi connectivity index (χ0n) is 12.2. The SMILES string of the molecule is COc1cccc(CC(=O)OCc2cn3ccccc3n2)c1. The normalized spacial score (nSPS) is 10.6. The Labute approximate surface area is 128 Å². The number of imidazole rings is 1. The molecule has 0 spiro atoms. The van der Waals surface area contributed by atoms with Gasteiger partial charge in [0.15, 0.2) is 0 Å². The third-order valence-electron chi connectivity index (χ3n) is 3.28. The van der Waals surface area contributed by atoms with Gasteiger partial charge in [0.1, 0.15) is 18.0 Å². The number of aromatic nitrogens is 2. The van der Waals surface area contributed by atoms with Crippen LogP contribution in [0.1, 0.15) is 11.3 Å². The van der Waals surface area contributed by atoms with Crippen molar-refractivity contribution in [2.45, 2.75) is 13.0 Å². The van der Waals surface area contributed by atoms with Gasteiger partial charge in [-0.15, -0.1) is 0 Å². The number of rotatable bonds is 5. The zero-order valence-corrected chi connectivity index (χ0v) is 12.2. The molecule has 0 fully saturated rings. The number of nitrogens with zero attached hydrogens (tertiary/aromatic N) is 2. The molecule has 0 N–H and O–H groups in total. The van der Waals surface area contributed by atoms with Gasteiger partial charge in [0.05, 0.1) is 19.2 Å². The maximum Gasteiger partial charge on any atom is 0.310 e. The van der Waals surface area contributed by atoms with Crippen molar-refractivity contribution in [3.63, 3.8) is 0 Å². The van der Waals surface area contributed by atoms with Gasteiger partial charge in [-0.3, -0.25) is 4.79 Å². The Morgan fingerprint density at radius 3 is 2.95 bits per heavy atom. The first-order chi connectivity index (χ1) is 10.7. The molecule has 0 saturated carbocycles. The van der Waals surface area contributed by atoms with Gasteiger partial charge in [-0.1, -0.05) is 18.2 Å². The van der Waals surface area contributed by atoms with Gasteiger partial charge in [-0.25, -0.2) is 4.98 Å². The largest absolute Gasteiger partial charge is 0.497 e. The molecule has 22 heavy (non-hydrogen) atoms. The predicted molar refractivity (Wildman–Crippen MR) is 81.7 cm³/mol. The summed E-state index contributed by atoms with van der Waals surface area (Å²) in [5.74, 6) is 0.441. The standard InChI is InChI=1S/C17H16N2O3/c1-21-15-6-4-5-13(9-15)10-17(20)22-12-14-11-19-8-3-2-7-16(19)18-14/h2-9,11H,10,12H2,1H3. The fourth-order valence-corrected chi connectivity index (χ4v) is 2.21. The number of ether oxygens (including phenoxy) is 2. The van der Waals surface area contributed by atoms with E-state index < -0.39 is 0 Å². The summed E-state index contributed by atoms with van der Waals surface area (Å²) in [6, 6.07) is 13.1. The summed E-state index contributed by atoms with van der Waals surface area (Å²) in [7, 11) is 1.60. The maximum atomic E-state index is 11.9. The van der Waals surface area contributed by atoms with E-state index in [0.29, 0.717) is 0 Å². The number of hydrogen-bond acceptors (Lipinski definition) is 4. The molecule has 0 atom stereocenters. The number of esters is 1. The first kappa shape index (κ1) is 14.1. The topological polar surface area (TPSA) is 52.8 Å². The van der Waals surface area contributed by atoms with Crippen LogP contribution in [-0.4, -0.2) is 22.5 Å². The number of pyridine rings is 1. The Bertz CT molecular complexity index is 762. The van der Waals surface area contributed by atoms with Crippen molar-refractivity contribution in [2.75, 3.05) is 7.11 Å². The van der Waals surface area contributed by atoms with Crippen molar-refractivity contribution in [1.29, 1.82) is 0 Å². The Morgan fingerprint density at radius 1 is 1.23 bits per heavy atom. The summed E-state index contributed by atoms with van der Waals surface area (Å²) < 4.78 is 12.3. The van der Waals surface area contributed by atoms with Crippen LogP contribution in [0.4, 0.5) is 0 Å². The number of methoxy groups -OCH3 is 1. The second kappa shape index (κ2) is 6.30. The molecular formula is C17H16N2O3. The highest BCUT2D eigenvalue weighted by Gasteiger charge is 2.08. The second-order valence-corrected chi connectivity index (χ2v) is 4.89. The fourth-order valence-electron chi connectivity index (χ4n) is 2.21. The Kier molecular flexibility index (Phi) is 4.05. The average Bonchev–Trinajstić information content (AvgIpc) is 2.96. The monoisotopic (exact) mass is 296 g/mol. The molecule has 0 amide bonds. The van der Waals surface area contributed by atoms with Crippen molar-refractivity contribution in [2.24, 2.45) is 0 Å². The lowest BCUT2D eigenvalue weighted by atomic mass is 10.1. The summed E-state index contributed by atoms with van der Waals surface area (Å²) in [6.45, 7) is 0.171. The smallest absolute Gasteiger partial charge is 0.310 e. The van der Waals surface area contributed by atoms with Crippen molar-refractivity contribution in [1.82, 2.24) is 9.38 Å². The van der Waals surface area contributed by atoms with E-state index in [0.717, 1.165) is 22.7 Å². The van der Waals surface area contributed by atoms with Crippen LogP contribution in [0.15, 0.2) is 54.9 Å². The van der Waals surface area contributed by atoms with E-state index in [-0.39, 0.29) is 19.0 Å². The first-order valence-electron chi connectivity index (χ1n) is 6.96. The number of hydrogen-bond donors (Lipinski definition) is 0. The number of carbonyl (C=O) groups is 1. The Morgan fingerprint density at radius 2 is 2.14 bits per heavy atom. The van der Waals surface area contributed by atoms with Gasteiger partial charge < -0.3 is 13.9 Å². The van der Waals surface area contributed by atoms with E-state index in [1.165, 1.54) is 0 Å². The van der Waals surface area contributed by atoms with E-state index in [1.807, 2.05) is 59.3 Å². The molecule has 0 aliphatic carbocycles. The van der Waals surface area contributed by atoms with Crippen LogP contribution >= 0.6 is 0 Å². The van der Waals surface area contributed by atoms with Crippen LogP contribution in [0, 0.1) is 0 Å². The minimum atomic E-state index is -0.287. The van der Waals surface area contributed by atoms with Crippen molar-refractivity contribution in [3.8, 4) is 5.75 Å². The van der Waals surface area contributed by atoms with Gasteiger partial charge in [0, 0.05) is 12.4 Å². The molecule has 0 aliphatic heterocycles. The lowest BCUT2D eigenvalue weighted by Gasteiger charge is -2.05. The highest BCUT2D eigenvalue weighted by Crippen LogP contribution is 2.13. The van der Waals surface area contributed by atoms with Crippen LogP contribution in [0.25, 0.3) is 5.65 Å². The van der Waals surface area contributed by atoms with E-state index in [1.54, 1.807) is 7.11 Å². The number of benzene rings is 1. The minimum absolute atomic E-state index is 0.171. The molecule has 0 aliphatic rings. The summed E-state index contributed by atoms with van der Waals surface area (Å²) in [5.41, 5.74) is 2.42. The first-order valence-corrected chi connectivity index (χ1v) is 6.96. The zero-order chi connectivity index (χ0) is 15.4. The molecule has 5 heteroatoms. The summed E-state index contributed by atoms with van der Waals surface area (Å²) in [5, 5.41) is 0. The van der Waals surface area contributed by atoms with E-state index >= 15 is 0 Å². The summed E-state index contributed by atoms with van der Waals surface area (Å²) >= 11 is 0. The maximum absolute atomic E-state index is 11.9.